The topological polar surface area (TPSA) is 86.8 Å². The Morgan fingerprint density at radius 1 is 1.03 bits per heavy atom. The first kappa shape index (κ1) is 26.6. The second kappa shape index (κ2) is 11.3. The lowest BCUT2D eigenvalue weighted by molar-refractivity contribution is -0.140. The molecule has 3 aromatic carbocycles. The van der Waals surface area contributed by atoms with Crippen LogP contribution in [0.4, 0.5) is 10.1 Å². The van der Waals surface area contributed by atoms with Gasteiger partial charge in [-0.15, -0.1) is 0 Å². The van der Waals surface area contributed by atoms with Gasteiger partial charge in [0.25, 0.3) is 10.0 Å². The van der Waals surface area contributed by atoms with Crippen molar-refractivity contribution in [3.8, 4) is 0 Å². The molecule has 0 aliphatic carbocycles. The van der Waals surface area contributed by atoms with E-state index >= 15 is 0 Å². The molecule has 9 heteroatoms. The Hall–Kier alpha value is -3.46. The van der Waals surface area contributed by atoms with Crippen molar-refractivity contribution >= 4 is 38.3 Å². The summed E-state index contributed by atoms with van der Waals surface area (Å²) in [7, 11) is -3.72. The van der Waals surface area contributed by atoms with Crippen LogP contribution in [-0.2, 0) is 26.2 Å². The number of halogens is 1. The van der Waals surface area contributed by atoms with Gasteiger partial charge in [-0.3, -0.25) is 13.9 Å². The zero-order valence-corrected chi connectivity index (χ0v) is 21.9. The van der Waals surface area contributed by atoms with Gasteiger partial charge < -0.3 is 10.2 Å². The molecular weight excluding hydrogens is 493 g/mol. The van der Waals surface area contributed by atoms with Crippen molar-refractivity contribution in [1.82, 2.24) is 10.2 Å². The van der Waals surface area contributed by atoms with Crippen LogP contribution in [0, 0.1) is 5.82 Å². The first-order chi connectivity index (χ1) is 17.8. The predicted octanol–water partition coefficient (Wildman–Crippen LogP) is 4.60. The lowest BCUT2D eigenvalue weighted by Crippen LogP contribution is -2.48. The molecule has 4 rings (SSSR count). The van der Waals surface area contributed by atoms with Crippen LogP contribution < -0.4 is 9.62 Å². The minimum absolute atomic E-state index is 0.0133. The van der Waals surface area contributed by atoms with Gasteiger partial charge in [-0.2, -0.15) is 0 Å². The quantitative estimate of drug-likeness (QED) is 0.371. The number of rotatable bonds is 11. The maximum atomic E-state index is 14.4. The van der Waals surface area contributed by atoms with Crippen molar-refractivity contribution in [2.45, 2.75) is 57.0 Å². The molecule has 2 amide bonds. The van der Waals surface area contributed by atoms with Crippen LogP contribution in [0.15, 0.2) is 65.6 Å². The highest BCUT2D eigenvalue weighted by atomic mass is 32.2. The molecule has 1 heterocycles. The SMILES string of the molecule is CCCCNC(=O)[C@H](C)N(Cc1ccccc1F)C(=O)CCCN1c2cccc3cccc(c23)S1(=O)=O. The van der Waals surface area contributed by atoms with E-state index in [4.69, 9.17) is 0 Å². The Labute approximate surface area is 217 Å². The van der Waals surface area contributed by atoms with Gasteiger partial charge in [-0.05, 0) is 43.4 Å². The fourth-order valence-electron chi connectivity index (χ4n) is 4.65. The molecule has 0 fully saturated rings. The smallest absolute Gasteiger partial charge is 0.265 e. The van der Waals surface area contributed by atoms with Gasteiger partial charge in [-0.25, -0.2) is 12.8 Å². The Kier molecular flexibility index (Phi) is 8.12. The molecule has 1 N–H and O–H groups in total. The molecule has 0 aromatic heterocycles. The molecule has 0 bridgehead atoms. The highest BCUT2D eigenvalue weighted by Gasteiger charge is 2.35. The Bertz CT molecular complexity index is 1400. The van der Waals surface area contributed by atoms with Gasteiger partial charge in [-0.1, -0.05) is 55.8 Å². The van der Waals surface area contributed by atoms with E-state index in [2.05, 4.69) is 5.32 Å². The molecule has 0 spiro atoms. The number of benzene rings is 3. The van der Waals surface area contributed by atoms with E-state index in [1.165, 1.54) is 15.3 Å². The number of amides is 2. The van der Waals surface area contributed by atoms with Crippen molar-refractivity contribution in [3.63, 3.8) is 0 Å². The lowest BCUT2D eigenvalue weighted by atomic mass is 10.1. The maximum Gasteiger partial charge on any atom is 0.265 e. The predicted molar refractivity (Wildman–Crippen MR) is 142 cm³/mol. The van der Waals surface area contributed by atoms with Crippen LogP contribution in [0.5, 0.6) is 0 Å². The standard InChI is InChI=1S/C28H32FN3O4S/c1-3-4-17-30-28(34)20(2)31(19-22-10-5-6-13-23(22)29)26(33)16-9-18-32-24-14-7-11-21-12-8-15-25(27(21)24)37(32,35)36/h5-8,10-15,20H,3-4,9,16-19H2,1-2H3,(H,30,34)/t20-/m0/s1. The van der Waals surface area contributed by atoms with Gasteiger partial charge >= 0.3 is 0 Å². The summed E-state index contributed by atoms with van der Waals surface area (Å²) in [5.74, 6) is -1.09. The maximum absolute atomic E-state index is 14.4. The van der Waals surface area contributed by atoms with Crippen molar-refractivity contribution in [2.75, 3.05) is 17.4 Å². The highest BCUT2D eigenvalue weighted by Crippen LogP contribution is 2.42. The summed E-state index contributed by atoms with van der Waals surface area (Å²) >= 11 is 0. The minimum Gasteiger partial charge on any atom is -0.354 e. The summed E-state index contributed by atoms with van der Waals surface area (Å²) in [4.78, 5) is 27.7. The number of anilines is 1. The molecule has 0 radical (unpaired) electrons. The molecule has 1 aliphatic heterocycles. The Morgan fingerprint density at radius 3 is 2.49 bits per heavy atom. The van der Waals surface area contributed by atoms with Crippen LogP contribution in [0.2, 0.25) is 0 Å². The highest BCUT2D eigenvalue weighted by molar-refractivity contribution is 7.93. The van der Waals surface area contributed by atoms with E-state index in [9.17, 15) is 22.4 Å². The minimum atomic E-state index is -3.72. The Balaban J connectivity index is 1.48. The summed E-state index contributed by atoms with van der Waals surface area (Å²) in [6, 6.07) is 16.0. The number of hydrogen-bond acceptors (Lipinski definition) is 4. The molecule has 0 saturated carbocycles. The number of carbonyl (C=O) groups is 2. The van der Waals surface area contributed by atoms with Crippen LogP contribution >= 0.6 is 0 Å². The summed E-state index contributed by atoms with van der Waals surface area (Å²) in [5, 5.41) is 4.37. The van der Waals surface area contributed by atoms with Crippen molar-refractivity contribution < 1.29 is 22.4 Å². The number of nitrogens with one attached hydrogen (secondary N) is 1. The molecule has 1 atom stereocenters. The number of unbranched alkanes of at least 4 members (excludes halogenated alkanes) is 1. The van der Waals surface area contributed by atoms with E-state index in [1.54, 1.807) is 43.3 Å². The first-order valence-corrected chi connectivity index (χ1v) is 14.0. The normalized spacial score (nSPS) is 14.5. The largest absolute Gasteiger partial charge is 0.354 e. The lowest BCUT2D eigenvalue weighted by Gasteiger charge is -2.29. The van der Waals surface area contributed by atoms with E-state index < -0.39 is 21.9 Å². The molecule has 0 unspecified atom stereocenters. The van der Waals surface area contributed by atoms with E-state index in [1.807, 2.05) is 25.1 Å². The second-order valence-corrected chi connectivity index (χ2v) is 11.1. The van der Waals surface area contributed by atoms with Gasteiger partial charge in [0.05, 0.1) is 10.6 Å². The van der Waals surface area contributed by atoms with Crippen molar-refractivity contribution in [3.05, 3.63) is 72.0 Å². The third kappa shape index (κ3) is 5.46. The molecule has 37 heavy (non-hydrogen) atoms. The first-order valence-electron chi connectivity index (χ1n) is 12.6. The molecule has 7 nitrogen and oxygen atoms in total. The zero-order valence-electron chi connectivity index (χ0n) is 21.1. The van der Waals surface area contributed by atoms with E-state index in [-0.39, 0.29) is 42.6 Å². The summed E-state index contributed by atoms with van der Waals surface area (Å²) in [6.07, 6.45) is 2.00. The van der Waals surface area contributed by atoms with Crippen LogP contribution in [0.1, 0.15) is 45.1 Å². The van der Waals surface area contributed by atoms with Gasteiger partial charge in [0.1, 0.15) is 11.9 Å². The third-order valence-corrected chi connectivity index (χ3v) is 8.58. The number of nitrogens with zero attached hydrogens (tertiary/aromatic N) is 2. The number of carbonyl (C=O) groups excluding carboxylic acids is 2. The van der Waals surface area contributed by atoms with Gasteiger partial charge in [0.15, 0.2) is 0 Å². The summed E-state index contributed by atoms with van der Waals surface area (Å²) in [5.41, 5.74) is 0.917. The molecule has 196 valence electrons. The molecule has 0 saturated heterocycles. The van der Waals surface area contributed by atoms with Crippen LogP contribution in [-0.4, -0.2) is 44.3 Å². The molecule has 3 aromatic rings. The van der Waals surface area contributed by atoms with Crippen molar-refractivity contribution in [1.29, 1.82) is 0 Å². The van der Waals surface area contributed by atoms with Gasteiger partial charge in [0.2, 0.25) is 11.8 Å². The third-order valence-electron chi connectivity index (χ3n) is 6.73. The fourth-order valence-corrected chi connectivity index (χ4v) is 6.39. The molecule has 1 aliphatic rings. The van der Waals surface area contributed by atoms with Crippen LogP contribution in [0.3, 0.4) is 0 Å². The number of hydrogen-bond donors (Lipinski definition) is 1. The summed E-state index contributed by atoms with van der Waals surface area (Å²) < 4.78 is 42.2. The fraction of sp³-hybridized carbons (Fsp3) is 0.357. The van der Waals surface area contributed by atoms with Gasteiger partial charge in [0, 0.05) is 37.0 Å². The second-order valence-electron chi connectivity index (χ2n) is 9.25. The van der Waals surface area contributed by atoms with Crippen LogP contribution in [0.25, 0.3) is 10.8 Å². The van der Waals surface area contributed by atoms with Crippen molar-refractivity contribution in [2.24, 2.45) is 0 Å². The zero-order chi connectivity index (χ0) is 26.6. The molecular formula is C28H32FN3O4S. The average Bonchev–Trinajstić information content (AvgIpc) is 3.11. The van der Waals surface area contributed by atoms with E-state index in [0.29, 0.717) is 23.2 Å². The number of sulfonamides is 1. The monoisotopic (exact) mass is 525 g/mol. The summed E-state index contributed by atoms with van der Waals surface area (Å²) in [6.45, 7) is 4.21. The average molecular weight is 526 g/mol. The van der Waals surface area contributed by atoms with E-state index in [0.717, 1.165) is 18.2 Å². The Morgan fingerprint density at radius 2 is 1.76 bits per heavy atom.